The maximum atomic E-state index is 11.5. The Balaban J connectivity index is 2.35. The third-order valence-corrected chi connectivity index (χ3v) is 3.26. The average molecular weight is 315 g/mol. The van der Waals surface area contributed by atoms with Crippen molar-refractivity contribution in [3.05, 3.63) is 34.3 Å². The first kappa shape index (κ1) is 15.0. The van der Waals surface area contributed by atoms with Gasteiger partial charge in [-0.15, -0.1) is 0 Å². The van der Waals surface area contributed by atoms with Crippen LogP contribution < -0.4 is 10.6 Å². The molecule has 3 N–H and O–H groups in total. The van der Waals surface area contributed by atoms with Crippen LogP contribution in [-0.2, 0) is 6.42 Å². The van der Waals surface area contributed by atoms with E-state index in [1.165, 1.54) is 5.56 Å². The van der Waals surface area contributed by atoms with Gasteiger partial charge in [0.25, 0.3) is 0 Å². The molecule has 0 aliphatic heterocycles. The normalized spacial score (nSPS) is 11.9. The van der Waals surface area contributed by atoms with Crippen LogP contribution >= 0.6 is 15.9 Å². The molecule has 1 rings (SSSR count). The summed E-state index contributed by atoms with van der Waals surface area (Å²) in [5, 5.41) is 14.2. The molecule has 18 heavy (non-hydrogen) atoms. The number of hydrogen-bond acceptors (Lipinski definition) is 2. The van der Waals surface area contributed by atoms with Crippen LogP contribution in [0.5, 0.6) is 0 Å². The fourth-order valence-electron chi connectivity index (χ4n) is 1.60. The molecule has 0 radical (unpaired) electrons. The summed E-state index contributed by atoms with van der Waals surface area (Å²) in [7, 11) is 0. The molecule has 1 unspecified atom stereocenters. The molecule has 0 aliphatic carbocycles. The van der Waals surface area contributed by atoms with E-state index < -0.39 is 0 Å². The number of hydrogen-bond donors (Lipinski definition) is 3. The highest BCUT2D eigenvalue weighted by Crippen LogP contribution is 2.17. The molecule has 0 saturated carbocycles. The summed E-state index contributed by atoms with van der Waals surface area (Å²) in [6.45, 7) is 2.54. The van der Waals surface area contributed by atoms with Gasteiger partial charge in [-0.05, 0) is 31.4 Å². The molecule has 5 heteroatoms. The first-order valence-corrected chi connectivity index (χ1v) is 6.81. The zero-order valence-corrected chi connectivity index (χ0v) is 12.0. The molecule has 100 valence electrons. The Bertz CT molecular complexity index is 385. The van der Waals surface area contributed by atoms with Crippen LogP contribution in [0.15, 0.2) is 28.7 Å². The number of halogens is 1. The van der Waals surface area contributed by atoms with Gasteiger partial charge < -0.3 is 15.7 Å². The van der Waals surface area contributed by atoms with Crippen molar-refractivity contribution in [1.82, 2.24) is 10.6 Å². The van der Waals surface area contributed by atoms with E-state index in [2.05, 4.69) is 26.6 Å². The lowest BCUT2D eigenvalue weighted by atomic mass is 10.1. The van der Waals surface area contributed by atoms with Crippen molar-refractivity contribution in [3.63, 3.8) is 0 Å². The van der Waals surface area contributed by atoms with Crippen LogP contribution in [0.3, 0.4) is 0 Å². The second kappa shape index (κ2) is 8.11. The minimum atomic E-state index is -0.192. The van der Waals surface area contributed by atoms with Crippen molar-refractivity contribution >= 4 is 22.0 Å². The number of carbonyl (C=O) groups is 1. The summed E-state index contributed by atoms with van der Waals surface area (Å²) < 4.78 is 1.05. The van der Waals surface area contributed by atoms with Crippen LogP contribution in [0.1, 0.15) is 18.9 Å². The van der Waals surface area contributed by atoms with Crippen molar-refractivity contribution in [3.8, 4) is 0 Å². The van der Waals surface area contributed by atoms with Crippen LogP contribution in [0, 0.1) is 0 Å². The zero-order chi connectivity index (χ0) is 13.4. The highest BCUT2D eigenvalue weighted by atomic mass is 79.9. The van der Waals surface area contributed by atoms with E-state index in [-0.39, 0.29) is 18.7 Å². The fourth-order valence-corrected chi connectivity index (χ4v) is 2.05. The molecule has 1 aromatic rings. The Morgan fingerprint density at radius 1 is 1.44 bits per heavy atom. The number of aliphatic hydroxyl groups excluding tert-OH is 1. The van der Waals surface area contributed by atoms with E-state index >= 15 is 0 Å². The number of nitrogens with one attached hydrogen (secondary N) is 2. The predicted molar refractivity (Wildman–Crippen MR) is 75.5 cm³/mol. The largest absolute Gasteiger partial charge is 0.396 e. The van der Waals surface area contributed by atoms with E-state index in [1.807, 2.05) is 31.2 Å². The van der Waals surface area contributed by atoms with Gasteiger partial charge in [-0.1, -0.05) is 34.1 Å². The van der Waals surface area contributed by atoms with Crippen LogP contribution in [0.4, 0.5) is 4.79 Å². The minimum Gasteiger partial charge on any atom is -0.396 e. The van der Waals surface area contributed by atoms with Gasteiger partial charge in [-0.3, -0.25) is 0 Å². The van der Waals surface area contributed by atoms with Gasteiger partial charge in [-0.2, -0.15) is 0 Å². The smallest absolute Gasteiger partial charge is 0.315 e. The minimum absolute atomic E-state index is 0.0535. The number of aliphatic hydroxyl groups is 1. The number of benzene rings is 1. The molecule has 0 bridgehead atoms. The van der Waals surface area contributed by atoms with E-state index in [1.54, 1.807) is 0 Å². The molecular formula is C13H19BrN2O2. The monoisotopic (exact) mass is 314 g/mol. The average Bonchev–Trinajstić information content (AvgIpc) is 2.32. The molecule has 0 aliphatic rings. The Morgan fingerprint density at radius 3 is 2.83 bits per heavy atom. The lowest BCUT2D eigenvalue weighted by Crippen LogP contribution is -2.42. The van der Waals surface area contributed by atoms with Gasteiger partial charge in [-0.25, -0.2) is 4.79 Å². The number of urea groups is 1. The third-order valence-electron chi connectivity index (χ3n) is 2.48. The Hall–Kier alpha value is -1.07. The lowest BCUT2D eigenvalue weighted by molar-refractivity contribution is 0.235. The Morgan fingerprint density at radius 2 is 2.17 bits per heavy atom. The SMILES string of the molecule is CC(Cc1ccccc1Br)NC(=O)NCCCO. The van der Waals surface area contributed by atoms with Crippen molar-refractivity contribution in [2.24, 2.45) is 0 Å². The van der Waals surface area contributed by atoms with Gasteiger partial charge in [0, 0.05) is 23.7 Å². The number of carbonyl (C=O) groups excluding carboxylic acids is 1. The van der Waals surface area contributed by atoms with Gasteiger partial charge >= 0.3 is 6.03 Å². The maximum absolute atomic E-state index is 11.5. The topological polar surface area (TPSA) is 61.4 Å². The zero-order valence-electron chi connectivity index (χ0n) is 10.4. The van der Waals surface area contributed by atoms with Crippen LogP contribution in [0.25, 0.3) is 0 Å². The van der Waals surface area contributed by atoms with Crippen LogP contribution in [-0.4, -0.2) is 30.3 Å². The van der Waals surface area contributed by atoms with E-state index in [4.69, 9.17) is 5.11 Å². The third kappa shape index (κ3) is 5.51. The highest BCUT2D eigenvalue weighted by molar-refractivity contribution is 9.10. The van der Waals surface area contributed by atoms with E-state index in [9.17, 15) is 4.79 Å². The first-order valence-electron chi connectivity index (χ1n) is 6.02. The second-order valence-electron chi connectivity index (χ2n) is 4.17. The molecule has 1 aromatic carbocycles. The standard InChI is InChI=1S/C13H19BrN2O2/c1-10(16-13(18)15-7-4-8-17)9-11-5-2-3-6-12(11)14/h2-3,5-6,10,17H,4,7-9H2,1H3,(H2,15,16,18). The summed E-state index contributed by atoms with van der Waals surface area (Å²) in [6.07, 6.45) is 1.35. The van der Waals surface area contributed by atoms with Gasteiger partial charge in [0.2, 0.25) is 0 Å². The molecule has 0 saturated heterocycles. The molecular weight excluding hydrogens is 296 g/mol. The summed E-state index contributed by atoms with van der Waals surface area (Å²) in [4.78, 5) is 11.5. The summed E-state index contributed by atoms with van der Waals surface area (Å²) >= 11 is 3.49. The first-order chi connectivity index (χ1) is 8.63. The van der Waals surface area contributed by atoms with Gasteiger partial charge in [0.15, 0.2) is 0 Å². The second-order valence-corrected chi connectivity index (χ2v) is 5.03. The Kier molecular flexibility index (Phi) is 6.75. The maximum Gasteiger partial charge on any atom is 0.315 e. The molecule has 0 heterocycles. The van der Waals surface area contributed by atoms with E-state index in [0.29, 0.717) is 13.0 Å². The molecule has 0 spiro atoms. The number of rotatable bonds is 6. The van der Waals surface area contributed by atoms with Gasteiger partial charge in [0.05, 0.1) is 0 Å². The van der Waals surface area contributed by atoms with Crippen molar-refractivity contribution in [1.29, 1.82) is 0 Å². The summed E-state index contributed by atoms with van der Waals surface area (Å²) in [5.41, 5.74) is 1.17. The molecule has 0 aromatic heterocycles. The number of amides is 2. The van der Waals surface area contributed by atoms with Crippen molar-refractivity contribution in [2.75, 3.05) is 13.2 Å². The fraction of sp³-hybridized carbons (Fsp3) is 0.462. The predicted octanol–water partition coefficient (Wildman–Crippen LogP) is 2.06. The molecule has 4 nitrogen and oxygen atoms in total. The molecule has 0 fully saturated rings. The van der Waals surface area contributed by atoms with Crippen molar-refractivity contribution in [2.45, 2.75) is 25.8 Å². The molecule has 1 atom stereocenters. The summed E-state index contributed by atoms with van der Waals surface area (Å²) in [5.74, 6) is 0. The highest BCUT2D eigenvalue weighted by Gasteiger charge is 2.08. The van der Waals surface area contributed by atoms with Gasteiger partial charge in [0.1, 0.15) is 0 Å². The van der Waals surface area contributed by atoms with E-state index in [0.717, 1.165) is 10.9 Å². The summed E-state index contributed by atoms with van der Waals surface area (Å²) in [6, 6.07) is 7.83. The quantitative estimate of drug-likeness (QED) is 0.704. The van der Waals surface area contributed by atoms with Crippen LogP contribution in [0.2, 0.25) is 0 Å². The molecule has 2 amide bonds. The van der Waals surface area contributed by atoms with Crippen molar-refractivity contribution < 1.29 is 9.90 Å². The Labute approximate surface area is 116 Å². The lowest BCUT2D eigenvalue weighted by Gasteiger charge is -2.15.